The lowest BCUT2D eigenvalue weighted by Gasteiger charge is -2.25. The van der Waals surface area contributed by atoms with E-state index in [0.717, 1.165) is 83.4 Å². The van der Waals surface area contributed by atoms with Gasteiger partial charge in [-0.15, -0.1) is 45.3 Å². The molecule has 8 amide bonds. The first-order chi connectivity index (χ1) is 60.1. The molecule has 4 aromatic heterocycles. The molecule has 4 fully saturated rings. The molecule has 42 heteroatoms. The molecule has 8 aliphatic rings. The van der Waals surface area contributed by atoms with Gasteiger partial charge in [0, 0.05) is 152 Å². The molecule has 12 aromatic rings. The first-order valence-corrected chi connectivity index (χ1v) is 40.9. The summed E-state index contributed by atoms with van der Waals surface area (Å²) in [5.74, 6) is -5.73. The number of aliphatic imine (C=N–C) groups is 4. The number of alkyl halides is 12. The highest BCUT2D eigenvalue weighted by Gasteiger charge is 2.44. The van der Waals surface area contributed by atoms with Crippen LogP contribution in [0.25, 0.3) is 41.8 Å². The normalized spacial score (nSPS) is 17.8. The Morgan fingerprint density at radius 2 is 0.651 bits per heavy atom. The van der Waals surface area contributed by atoms with Gasteiger partial charge in [-0.05, 0) is 118 Å². The molecule has 0 saturated carbocycles. The molecule has 4 N–H and O–H groups in total. The highest BCUT2D eigenvalue weighted by atomic mass is 32.1. The minimum absolute atomic E-state index is 0.0179. The van der Waals surface area contributed by atoms with E-state index in [1.165, 1.54) is 56.0 Å². The van der Waals surface area contributed by atoms with Crippen molar-refractivity contribution in [3.63, 3.8) is 0 Å². The van der Waals surface area contributed by atoms with Crippen molar-refractivity contribution in [3.05, 3.63) is 258 Å². The molecule has 0 spiro atoms. The fourth-order valence-electron chi connectivity index (χ4n) is 15.2. The first kappa shape index (κ1) is 85.0. The SMILES string of the molecule is O=C1NCC(c2c(F)cc(-c3cnc(C(F)(F)F)s3)cc2F)N1c1ccc2c(c1)N=CC2.O=C1NCC(c2ccc(-c3cnc(C(F)(F)F)s3)c(F)c2)N1c1ccc2c(c1)N=CC2.O=C1NCC(c2ccc(-c3cnc(C(F)(F)F)s3)c(F)c2F)N1c1ccc2c(c1)N=CC2.O=C1NCC(c2ccc(-c3cnc(C(F)(F)F)s3)cc2F)N1c1ccc2c(c1)N=CC2. The molecule has 0 bridgehead atoms. The lowest BCUT2D eigenvalue weighted by Crippen LogP contribution is -2.30. The van der Waals surface area contributed by atoms with E-state index in [2.05, 4.69) is 61.2 Å². The maximum Gasteiger partial charge on any atom is 0.443 e. The Morgan fingerprint density at radius 3 is 1.05 bits per heavy atom. The van der Waals surface area contributed by atoms with E-state index in [-0.39, 0.29) is 102 Å². The van der Waals surface area contributed by atoms with Crippen molar-refractivity contribution >= 4 is 140 Å². The number of hydrogen-bond acceptors (Lipinski definition) is 16. The second-order valence-electron chi connectivity index (χ2n) is 28.9. The standard InChI is InChI=1S/2C21H13F5N4OS.2C21H14F4N4OS/c22-13-5-11(17-9-28-19(32-17)21(24,25)26)6-14(23)18(13)16-8-29-20(31)30(16)12-2-1-10-3-4-27-15(10)7-12;22-17-12(3-4-13(18(17)23)16-9-28-19(32-16)21(24,25)26)15-8-29-20(31)30(15)11-2-1-10-5-6-27-14(10)7-11;22-15-7-12(18-10-27-19(31-18)21(23,24)25)2-4-14(15)17-9-28-20(30)29(17)13-3-1-11-5-6-26-16(11)8-13;22-15-7-12(2-4-14(15)18-10-27-19(31-18)21(23,24)25)17-9-28-20(30)29(17)13-3-1-11-5-6-26-16(11)8-13/h1-2,4-7,9,16H,3,8H2,(H,29,31);1-4,6-7,9,15H,5,8H2,(H,29,31);2*1-4,6-8,10,17H,5,9H2,(H,28,30). The minimum Gasteiger partial charge on any atom is -0.335 e. The summed E-state index contributed by atoms with van der Waals surface area (Å²) in [7, 11) is 0. The van der Waals surface area contributed by atoms with E-state index in [1.54, 1.807) is 79.5 Å². The van der Waals surface area contributed by atoms with Crippen LogP contribution in [0.15, 0.2) is 178 Å². The molecule has 20 rings (SSSR count). The quantitative estimate of drug-likeness (QED) is 0.0858. The van der Waals surface area contributed by atoms with Crippen LogP contribution in [0.3, 0.4) is 0 Å². The van der Waals surface area contributed by atoms with Crippen LogP contribution in [-0.4, -0.2) is 95.1 Å². The molecule has 644 valence electrons. The van der Waals surface area contributed by atoms with Crippen molar-refractivity contribution in [2.45, 2.75) is 74.6 Å². The van der Waals surface area contributed by atoms with Crippen LogP contribution in [0.4, 0.5) is 144 Å². The number of halogens is 18. The Balaban J connectivity index is 0.000000119. The number of rotatable bonds is 12. The fraction of sp³-hybridized carbons (Fsp3) is 0.190. The highest BCUT2D eigenvalue weighted by molar-refractivity contribution is 7.16. The van der Waals surface area contributed by atoms with Crippen LogP contribution in [0.5, 0.6) is 0 Å². The van der Waals surface area contributed by atoms with Gasteiger partial charge >= 0.3 is 48.8 Å². The number of fused-ring (bicyclic) bond motifs is 4. The summed E-state index contributed by atoms with van der Waals surface area (Å²) in [5.41, 5.74) is 9.50. The number of nitrogens with one attached hydrogen (secondary N) is 4. The van der Waals surface area contributed by atoms with Gasteiger partial charge in [-0.1, -0.05) is 54.6 Å². The maximum atomic E-state index is 15.1. The molecular weight excluding hydrogens is 1770 g/mol. The van der Waals surface area contributed by atoms with Gasteiger partial charge in [0.15, 0.2) is 31.7 Å². The Morgan fingerprint density at radius 1 is 0.317 bits per heavy atom. The van der Waals surface area contributed by atoms with Crippen molar-refractivity contribution in [2.24, 2.45) is 20.0 Å². The van der Waals surface area contributed by atoms with E-state index < -0.39 is 116 Å². The minimum atomic E-state index is -4.67. The molecule has 0 radical (unpaired) electrons. The summed E-state index contributed by atoms with van der Waals surface area (Å²) in [5, 5.41) is 6.44. The summed E-state index contributed by atoms with van der Waals surface area (Å²) < 4.78 is 244. The lowest BCUT2D eigenvalue weighted by atomic mass is 10.0. The second-order valence-corrected chi connectivity index (χ2v) is 33.0. The summed E-state index contributed by atoms with van der Waals surface area (Å²) in [6, 6.07) is 29.8. The molecule has 0 aliphatic carbocycles. The molecule has 126 heavy (non-hydrogen) atoms. The van der Waals surface area contributed by atoms with Gasteiger partial charge in [-0.2, -0.15) is 52.7 Å². The van der Waals surface area contributed by atoms with Gasteiger partial charge in [0.1, 0.15) is 23.3 Å². The summed E-state index contributed by atoms with van der Waals surface area (Å²) in [4.78, 5) is 86.0. The van der Waals surface area contributed by atoms with Gasteiger partial charge in [-0.25, -0.2) is 65.5 Å². The lowest BCUT2D eigenvalue weighted by molar-refractivity contribution is -0.138. The van der Waals surface area contributed by atoms with E-state index >= 15 is 17.6 Å². The van der Waals surface area contributed by atoms with Crippen LogP contribution < -0.4 is 40.9 Å². The Hall–Kier alpha value is -13.2. The van der Waals surface area contributed by atoms with Crippen molar-refractivity contribution in [1.82, 2.24) is 41.2 Å². The van der Waals surface area contributed by atoms with Crippen LogP contribution in [0.1, 0.15) is 88.7 Å². The third-order valence-corrected chi connectivity index (χ3v) is 25.5. The van der Waals surface area contributed by atoms with Gasteiger partial charge in [0.25, 0.3) is 0 Å². The average Bonchev–Trinajstić information content (AvgIpc) is 1.45. The Bertz CT molecular complexity index is 6490. The highest BCUT2D eigenvalue weighted by Crippen LogP contribution is 2.48. The number of carbonyl (C=O) groups excluding carboxylic acids is 4. The van der Waals surface area contributed by atoms with Crippen LogP contribution in [0, 0.1) is 34.9 Å². The van der Waals surface area contributed by atoms with Gasteiger partial charge in [-0.3, -0.25) is 39.6 Å². The molecule has 12 heterocycles. The van der Waals surface area contributed by atoms with E-state index in [4.69, 9.17) is 0 Å². The van der Waals surface area contributed by atoms with E-state index in [9.17, 15) is 80.6 Å². The van der Waals surface area contributed by atoms with Crippen molar-refractivity contribution in [2.75, 3.05) is 45.8 Å². The summed E-state index contributed by atoms with van der Waals surface area (Å²) >= 11 is 1.37. The number of amides is 8. The Labute approximate surface area is 715 Å². The molecule has 8 aromatic carbocycles. The van der Waals surface area contributed by atoms with Crippen molar-refractivity contribution in [3.8, 4) is 41.8 Å². The number of thiazole rings is 4. The number of hydrogen-bond donors (Lipinski definition) is 4. The van der Waals surface area contributed by atoms with Crippen molar-refractivity contribution < 1.29 is 98.2 Å². The molecule has 4 saturated heterocycles. The number of anilines is 4. The Kier molecular flexibility index (Phi) is 22.5. The summed E-state index contributed by atoms with van der Waals surface area (Å²) in [6.07, 6.45) is -4.65. The maximum absolute atomic E-state index is 15.1. The smallest absolute Gasteiger partial charge is 0.335 e. The predicted octanol–water partition coefficient (Wildman–Crippen LogP) is 22.3. The largest absolute Gasteiger partial charge is 0.443 e. The second kappa shape index (κ2) is 33.4. The van der Waals surface area contributed by atoms with Crippen LogP contribution >= 0.6 is 45.3 Å². The third kappa shape index (κ3) is 16.8. The number of carbonyl (C=O) groups is 4. The number of aromatic nitrogens is 4. The average molecular weight is 1820 g/mol. The monoisotopic (exact) mass is 1820 g/mol. The number of urea groups is 4. The van der Waals surface area contributed by atoms with Gasteiger partial charge in [0.2, 0.25) is 0 Å². The van der Waals surface area contributed by atoms with Crippen molar-refractivity contribution in [1.29, 1.82) is 0 Å². The van der Waals surface area contributed by atoms with E-state index in [0.29, 0.717) is 92.1 Å². The van der Waals surface area contributed by atoms with Gasteiger partial charge in [0.05, 0.1) is 66.4 Å². The van der Waals surface area contributed by atoms with E-state index in [1.807, 2.05) is 30.3 Å². The molecule has 4 unspecified atom stereocenters. The predicted molar refractivity (Wildman–Crippen MR) is 438 cm³/mol. The zero-order valence-electron chi connectivity index (χ0n) is 63.7. The molecule has 20 nitrogen and oxygen atoms in total. The zero-order valence-corrected chi connectivity index (χ0v) is 67.0. The fourth-order valence-corrected chi connectivity index (χ4v) is 18.4. The number of benzene rings is 8. The first-order valence-electron chi connectivity index (χ1n) is 37.7. The van der Waals surface area contributed by atoms with Crippen LogP contribution in [0.2, 0.25) is 0 Å². The molecular formula is C84H54F18N16O4S4. The molecule has 8 aliphatic heterocycles. The zero-order chi connectivity index (χ0) is 88.7. The van der Waals surface area contributed by atoms with Crippen LogP contribution in [-0.2, 0) is 50.4 Å². The third-order valence-electron chi connectivity index (χ3n) is 21.2. The number of nitrogens with zero attached hydrogens (tertiary/aromatic N) is 12. The topological polar surface area (TPSA) is 230 Å². The molecule has 4 atom stereocenters. The summed E-state index contributed by atoms with van der Waals surface area (Å²) in [6.45, 7) is 0.476. The van der Waals surface area contributed by atoms with Gasteiger partial charge < -0.3 is 21.3 Å².